The van der Waals surface area contributed by atoms with Gasteiger partial charge in [-0.05, 0) is 38.5 Å². The summed E-state index contributed by atoms with van der Waals surface area (Å²) in [5, 5.41) is 2.76. The van der Waals surface area contributed by atoms with Crippen molar-refractivity contribution in [2.75, 3.05) is 6.54 Å². The van der Waals surface area contributed by atoms with Gasteiger partial charge in [-0.3, -0.25) is 9.59 Å². The minimum Gasteiger partial charge on any atom is -0.352 e. The highest BCUT2D eigenvalue weighted by Gasteiger charge is 2.23. The van der Waals surface area contributed by atoms with E-state index in [9.17, 15) is 14.0 Å². The maximum Gasteiger partial charge on any atom is 0.222 e. The molecule has 4 nitrogen and oxygen atoms in total. The van der Waals surface area contributed by atoms with Gasteiger partial charge in [-0.2, -0.15) is 0 Å². The van der Waals surface area contributed by atoms with Crippen LogP contribution in [-0.2, 0) is 16.1 Å². The van der Waals surface area contributed by atoms with Crippen molar-refractivity contribution < 1.29 is 14.0 Å². The minimum absolute atomic E-state index is 0.0474. The number of halogens is 1. The van der Waals surface area contributed by atoms with Crippen LogP contribution in [0.15, 0.2) is 24.3 Å². The molecule has 1 aromatic rings. The largest absolute Gasteiger partial charge is 0.352 e. The van der Waals surface area contributed by atoms with Crippen molar-refractivity contribution in [3.05, 3.63) is 35.6 Å². The van der Waals surface area contributed by atoms with Gasteiger partial charge < -0.3 is 10.2 Å². The molecule has 2 amide bonds. The fourth-order valence-electron chi connectivity index (χ4n) is 2.07. The van der Waals surface area contributed by atoms with Crippen LogP contribution in [0.25, 0.3) is 0 Å². The van der Waals surface area contributed by atoms with E-state index >= 15 is 0 Å². The normalized spacial score (nSPS) is 11.1. The Bertz CT molecular complexity index is 492. The van der Waals surface area contributed by atoms with Crippen LogP contribution in [0.1, 0.15) is 39.7 Å². The molecule has 0 saturated heterocycles. The van der Waals surface area contributed by atoms with Crippen LogP contribution in [0.3, 0.4) is 0 Å². The summed E-state index contributed by atoms with van der Waals surface area (Å²) in [5.74, 6) is -0.476. The quantitative estimate of drug-likeness (QED) is 0.907. The third-order valence-electron chi connectivity index (χ3n) is 3.16. The molecule has 1 aromatic carbocycles. The molecule has 0 aliphatic carbocycles. The highest BCUT2D eigenvalue weighted by molar-refractivity contribution is 5.78. The standard InChI is InChI=1S/C16H23FN2O2/c1-12(20)19(16(2,3)4)10-9-15(21)18-11-13-5-7-14(17)8-6-13/h5-8H,9-11H2,1-4H3,(H,18,21). The van der Waals surface area contributed by atoms with Crippen LogP contribution in [0.5, 0.6) is 0 Å². The van der Waals surface area contributed by atoms with E-state index < -0.39 is 0 Å². The average Bonchev–Trinajstić information content (AvgIpc) is 2.36. The molecular formula is C16H23FN2O2. The van der Waals surface area contributed by atoms with Crippen LogP contribution in [0.2, 0.25) is 0 Å². The zero-order chi connectivity index (χ0) is 16.0. The van der Waals surface area contributed by atoms with Gasteiger partial charge in [-0.15, -0.1) is 0 Å². The van der Waals surface area contributed by atoms with Gasteiger partial charge >= 0.3 is 0 Å². The number of rotatable bonds is 5. The lowest BCUT2D eigenvalue weighted by molar-refractivity contribution is -0.134. The lowest BCUT2D eigenvalue weighted by Crippen LogP contribution is -2.46. The Morgan fingerprint density at radius 1 is 1.19 bits per heavy atom. The molecule has 0 fully saturated rings. The van der Waals surface area contributed by atoms with E-state index in [0.717, 1.165) is 5.56 Å². The number of hydrogen-bond acceptors (Lipinski definition) is 2. The summed E-state index contributed by atoms with van der Waals surface area (Å²) in [5.41, 5.74) is 0.535. The highest BCUT2D eigenvalue weighted by Crippen LogP contribution is 2.13. The van der Waals surface area contributed by atoms with Gasteiger partial charge in [-0.25, -0.2) is 4.39 Å². The highest BCUT2D eigenvalue weighted by atomic mass is 19.1. The molecule has 0 heterocycles. The summed E-state index contributed by atoms with van der Waals surface area (Å²) in [6, 6.07) is 5.98. The Hall–Kier alpha value is -1.91. The average molecular weight is 294 g/mol. The van der Waals surface area contributed by atoms with Gasteiger partial charge in [0, 0.05) is 32.0 Å². The van der Waals surface area contributed by atoms with Gasteiger partial charge in [0.15, 0.2) is 0 Å². The zero-order valence-electron chi connectivity index (χ0n) is 13.1. The molecule has 5 heteroatoms. The van der Waals surface area contributed by atoms with E-state index in [0.29, 0.717) is 13.1 Å². The van der Waals surface area contributed by atoms with Crippen molar-refractivity contribution in [1.82, 2.24) is 10.2 Å². The zero-order valence-corrected chi connectivity index (χ0v) is 13.1. The summed E-state index contributed by atoms with van der Waals surface area (Å²) in [6.45, 7) is 8.05. The Morgan fingerprint density at radius 3 is 2.24 bits per heavy atom. The number of benzene rings is 1. The van der Waals surface area contributed by atoms with Crippen molar-refractivity contribution in [1.29, 1.82) is 0 Å². The third-order valence-corrected chi connectivity index (χ3v) is 3.16. The molecule has 0 unspecified atom stereocenters. The van der Waals surface area contributed by atoms with E-state index in [1.807, 2.05) is 20.8 Å². The molecule has 0 saturated carbocycles. The molecule has 0 bridgehead atoms. The first-order valence-electron chi connectivity index (χ1n) is 6.99. The Balaban J connectivity index is 2.43. The molecule has 0 radical (unpaired) electrons. The molecule has 0 spiro atoms. The van der Waals surface area contributed by atoms with Crippen molar-refractivity contribution >= 4 is 11.8 Å². The lowest BCUT2D eigenvalue weighted by atomic mass is 10.1. The molecule has 21 heavy (non-hydrogen) atoms. The molecule has 0 aliphatic rings. The van der Waals surface area contributed by atoms with Gasteiger partial charge in [-0.1, -0.05) is 12.1 Å². The van der Waals surface area contributed by atoms with Gasteiger partial charge in [0.2, 0.25) is 11.8 Å². The van der Waals surface area contributed by atoms with Crippen molar-refractivity contribution in [2.45, 2.75) is 46.2 Å². The number of amides is 2. The van der Waals surface area contributed by atoms with Gasteiger partial charge in [0.1, 0.15) is 5.82 Å². The Morgan fingerprint density at radius 2 is 1.76 bits per heavy atom. The third kappa shape index (κ3) is 5.94. The molecule has 1 rings (SSSR count). The summed E-state index contributed by atoms with van der Waals surface area (Å²) < 4.78 is 12.8. The van der Waals surface area contributed by atoms with Crippen molar-refractivity contribution in [2.24, 2.45) is 0 Å². The number of nitrogens with one attached hydrogen (secondary N) is 1. The first kappa shape index (κ1) is 17.1. The monoisotopic (exact) mass is 294 g/mol. The fraction of sp³-hybridized carbons (Fsp3) is 0.500. The van der Waals surface area contributed by atoms with E-state index in [1.54, 1.807) is 17.0 Å². The van der Waals surface area contributed by atoms with Crippen molar-refractivity contribution in [3.63, 3.8) is 0 Å². The topological polar surface area (TPSA) is 49.4 Å². The maximum atomic E-state index is 12.8. The fourth-order valence-corrected chi connectivity index (χ4v) is 2.07. The summed E-state index contributed by atoms with van der Waals surface area (Å²) in [7, 11) is 0. The van der Waals surface area contributed by atoms with E-state index in [1.165, 1.54) is 19.1 Å². The van der Waals surface area contributed by atoms with Crippen LogP contribution in [0.4, 0.5) is 4.39 Å². The maximum absolute atomic E-state index is 12.8. The van der Waals surface area contributed by atoms with Crippen molar-refractivity contribution in [3.8, 4) is 0 Å². The minimum atomic E-state index is -0.303. The van der Waals surface area contributed by atoms with Crippen LogP contribution < -0.4 is 5.32 Å². The second kappa shape index (κ2) is 7.20. The first-order chi connectivity index (χ1) is 9.70. The molecule has 0 atom stereocenters. The summed E-state index contributed by atoms with van der Waals surface area (Å²) >= 11 is 0. The Kier molecular flexibility index (Phi) is 5.88. The molecule has 116 valence electrons. The smallest absolute Gasteiger partial charge is 0.222 e. The first-order valence-corrected chi connectivity index (χ1v) is 6.99. The van der Waals surface area contributed by atoms with Gasteiger partial charge in [0.05, 0.1) is 0 Å². The van der Waals surface area contributed by atoms with Gasteiger partial charge in [0.25, 0.3) is 0 Å². The SMILES string of the molecule is CC(=O)N(CCC(=O)NCc1ccc(F)cc1)C(C)(C)C. The van der Waals surface area contributed by atoms with Crippen LogP contribution >= 0.6 is 0 Å². The second-order valence-corrected chi connectivity index (χ2v) is 5.99. The number of carbonyl (C=O) groups is 2. The second-order valence-electron chi connectivity index (χ2n) is 5.99. The summed E-state index contributed by atoms with van der Waals surface area (Å²) in [4.78, 5) is 25.1. The lowest BCUT2D eigenvalue weighted by Gasteiger charge is -2.34. The van der Waals surface area contributed by atoms with Crippen LogP contribution in [0, 0.1) is 5.82 Å². The molecule has 0 aliphatic heterocycles. The number of hydrogen-bond donors (Lipinski definition) is 1. The Labute approximate surface area is 125 Å². The van der Waals surface area contributed by atoms with Crippen LogP contribution in [-0.4, -0.2) is 28.8 Å². The van der Waals surface area contributed by atoms with E-state index in [2.05, 4.69) is 5.32 Å². The molecule has 1 N–H and O–H groups in total. The number of carbonyl (C=O) groups excluding carboxylic acids is 2. The predicted octanol–water partition coefficient (Wildman–Crippen LogP) is 2.48. The van der Waals surface area contributed by atoms with E-state index in [4.69, 9.17) is 0 Å². The molecule has 0 aromatic heterocycles. The molecular weight excluding hydrogens is 271 g/mol. The predicted molar refractivity (Wildman–Crippen MR) is 80.0 cm³/mol. The van der Waals surface area contributed by atoms with E-state index in [-0.39, 0.29) is 29.6 Å². The summed E-state index contributed by atoms with van der Waals surface area (Å²) in [6.07, 6.45) is 0.248. The number of nitrogens with zero attached hydrogens (tertiary/aromatic N) is 1.